The first-order valence-electron chi connectivity index (χ1n) is 4.78. The number of nitrogens with two attached hydrogens (primary N) is 1. The number of hydrogen-bond acceptors (Lipinski definition) is 3. The van der Waals surface area contributed by atoms with E-state index in [1.54, 1.807) is 19.9 Å². The molecular formula is C11H16BrNO2. The Morgan fingerprint density at radius 2 is 1.93 bits per heavy atom. The first-order valence-corrected chi connectivity index (χ1v) is 5.57. The summed E-state index contributed by atoms with van der Waals surface area (Å²) in [5.74, 6) is 0.216. The fourth-order valence-electron chi connectivity index (χ4n) is 1.48. The Hall–Kier alpha value is -0.580. The van der Waals surface area contributed by atoms with E-state index in [4.69, 9.17) is 5.73 Å². The van der Waals surface area contributed by atoms with Gasteiger partial charge in [-0.2, -0.15) is 0 Å². The lowest BCUT2D eigenvalue weighted by molar-refractivity contribution is 0.152. The van der Waals surface area contributed by atoms with E-state index in [2.05, 4.69) is 15.9 Å². The second-order valence-electron chi connectivity index (χ2n) is 3.87. The van der Waals surface area contributed by atoms with Crippen LogP contribution in [0.25, 0.3) is 0 Å². The highest BCUT2D eigenvalue weighted by Gasteiger charge is 2.19. The van der Waals surface area contributed by atoms with E-state index in [0.717, 1.165) is 16.7 Å². The molecule has 1 rings (SSSR count). The number of phenols is 1. The van der Waals surface area contributed by atoms with E-state index in [0.29, 0.717) is 4.47 Å². The first-order chi connectivity index (χ1) is 6.86. The summed E-state index contributed by atoms with van der Waals surface area (Å²) in [5.41, 5.74) is 7.95. The summed E-state index contributed by atoms with van der Waals surface area (Å²) in [7, 11) is 0. The van der Waals surface area contributed by atoms with Crippen LogP contribution in [0.4, 0.5) is 0 Å². The van der Waals surface area contributed by atoms with E-state index in [1.165, 1.54) is 0 Å². The zero-order valence-electron chi connectivity index (χ0n) is 9.08. The molecule has 0 aliphatic rings. The summed E-state index contributed by atoms with van der Waals surface area (Å²) in [5, 5.41) is 19.6. The van der Waals surface area contributed by atoms with Crippen molar-refractivity contribution in [3.05, 3.63) is 27.2 Å². The average molecular weight is 274 g/mol. The summed E-state index contributed by atoms with van der Waals surface area (Å²) in [4.78, 5) is 0. The Morgan fingerprint density at radius 1 is 1.40 bits per heavy atom. The van der Waals surface area contributed by atoms with Crippen molar-refractivity contribution >= 4 is 15.9 Å². The molecule has 0 bridgehead atoms. The smallest absolute Gasteiger partial charge is 0.132 e. The third kappa shape index (κ3) is 2.33. The predicted octanol–water partition coefficient (Wildman–Crippen LogP) is 2.15. The topological polar surface area (TPSA) is 66.5 Å². The minimum absolute atomic E-state index is 0.216. The van der Waals surface area contributed by atoms with Gasteiger partial charge in [0.25, 0.3) is 0 Å². The molecule has 15 heavy (non-hydrogen) atoms. The highest BCUT2D eigenvalue weighted by molar-refractivity contribution is 9.10. The van der Waals surface area contributed by atoms with Crippen LogP contribution >= 0.6 is 15.9 Å². The zero-order chi connectivity index (χ0) is 11.7. The molecule has 0 aliphatic heterocycles. The molecule has 0 aromatic heterocycles. The van der Waals surface area contributed by atoms with Gasteiger partial charge in [0, 0.05) is 6.04 Å². The van der Waals surface area contributed by atoms with Crippen molar-refractivity contribution in [3.63, 3.8) is 0 Å². The van der Waals surface area contributed by atoms with Crippen molar-refractivity contribution < 1.29 is 10.2 Å². The minimum atomic E-state index is -0.708. The quantitative estimate of drug-likeness (QED) is 0.774. The molecule has 2 atom stereocenters. The number of halogens is 1. The Balaban J connectivity index is 3.32. The van der Waals surface area contributed by atoms with Crippen LogP contribution < -0.4 is 5.73 Å². The molecule has 0 saturated carbocycles. The molecular weight excluding hydrogens is 258 g/mol. The molecule has 4 N–H and O–H groups in total. The second kappa shape index (κ2) is 4.51. The van der Waals surface area contributed by atoms with Crippen LogP contribution in [0.2, 0.25) is 0 Å². The Kier molecular flexibility index (Phi) is 3.76. The van der Waals surface area contributed by atoms with Crippen LogP contribution in [0.3, 0.4) is 0 Å². The standard InChI is InChI=1S/C11H16BrNO2/c1-5-4-8(11(15)7(3)13)6(2)9(12)10(5)14/h4,7,11,14-15H,13H2,1-3H3. The number of phenolic OH excluding ortho intramolecular Hbond substituents is 1. The van der Waals surface area contributed by atoms with E-state index in [1.807, 2.05) is 6.92 Å². The molecule has 1 aromatic rings. The molecule has 0 heterocycles. The van der Waals surface area contributed by atoms with Crippen molar-refractivity contribution in [1.29, 1.82) is 0 Å². The Labute approximate surface area is 98.1 Å². The molecule has 84 valence electrons. The highest BCUT2D eigenvalue weighted by atomic mass is 79.9. The van der Waals surface area contributed by atoms with Gasteiger partial charge in [0.05, 0.1) is 10.6 Å². The van der Waals surface area contributed by atoms with Crippen molar-refractivity contribution in [2.45, 2.75) is 32.9 Å². The van der Waals surface area contributed by atoms with Gasteiger partial charge in [-0.25, -0.2) is 0 Å². The molecule has 3 nitrogen and oxygen atoms in total. The number of benzene rings is 1. The van der Waals surface area contributed by atoms with Crippen molar-refractivity contribution in [2.75, 3.05) is 0 Å². The minimum Gasteiger partial charge on any atom is -0.506 e. The molecule has 0 radical (unpaired) electrons. The van der Waals surface area contributed by atoms with Gasteiger partial charge in [0.2, 0.25) is 0 Å². The van der Waals surface area contributed by atoms with Crippen LogP contribution in [0, 0.1) is 13.8 Å². The monoisotopic (exact) mass is 273 g/mol. The number of aryl methyl sites for hydroxylation is 1. The largest absolute Gasteiger partial charge is 0.506 e. The Bertz CT molecular complexity index is 377. The van der Waals surface area contributed by atoms with Gasteiger partial charge in [-0.05, 0) is 59.5 Å². The van der Waals surface area contributed by atoms with Crippen molar-refractivity contribution in [2.24, 2.45) is 5.73 Å². The second-order valence-corrected chi connectivity index (χ2v) is 4.67. The maximum absolute atomic E-state index is 9.89. The molecule has 2 unspecified atom stereocenters. The van der Waals surface area contributed by atoms with E-state index in [9.17, 15) is 10.2 Å². The van der Waals surface area contributed by atoms with Crippen molar-refractivity contribution in [1.82, 2.24) is 0 Å². The van der Waals surface area contributed by atoms with Gasteiger partial charge >= 0.3 is 0 Å². The van der Waals surface area contributed by atoms with Crippen LogP contribution in [0.15, 0.2) is 10.5 Å². The fourth-order valence-corrected chi connectivity index (χ4v) is 2.02. The molecule has 0 amide bonds. The van der Waals surface area contributed by atoms with Crippen LogP contribution in [-0.2, 0) is 0 Å². The normalized spacial score (nSPS) is 15.1. The number of aliphatic hydroxyl groups excluding tert-OH is 1. The molecule has 0 saturated heterocycles. The molecule has 0 fully saturated rings. The van der Waals surface area contributed by atoms with E-state index < -0.39 is 6.10 Å². The number of aromatic hydroxyl groups is 1. The van der Waals surface area contributed by atoms with E-state index >= 15 is 0 Å². The lowest BCUT2D eigenvalue weighted by atomic mass is 9.96. The fraction of sp³-hybridized carbons (Fsp3) is 0.455. The van der Waals surface area contributed by atoms with E-state index in [-0.39, 0.29) is 11.8 Å². The van der Waals surface area contributed by atoms with Crippen LogP contribution in [0.5, 0.6) is 5.75 Å². The summed E-state index contributed by atoms with van der Waals surface area (Å²) in [6.45, 7) is 5.38. The highest BCUT2D eigenvalue weighted by Crippen LogP contribution is 2.35. The van der Waals surface area contributed by atoms with Gasteiger partial charge < -0.3 is 15.9 Å². The van der Waals surface area contributed by atoms with Crippen LogP contribution in [0.1, 0.15) is 29.7 Å². The van der Waals surface area contributed by atoms with Crippen molar-refractivity contribution in [3.8, 4) is 5.75 Å². The molecule has 4 heteroatoms. The maximum atomic E-state index is 9.89. The SMILES string of the molecule is Cc1cc(C(O)C(C)N)c(C)c(Br)c1O. The van der Waals surface area contributed by atoms with Gasteiger partial charge in [-0.1, -0.05) is 0 Å². The zero-order valence-corrected chi connectivity index (χ0v) is 10.7. The molecule has 1 aromatic carbocycles. The summed E-state index contributed by atoms with van der Waals surface area (Å²) in [6, 6.07) is 1.43. The van der Waals surface area contributed by atoms with Gasteiger partial charge in [-0.3, -0.25) is 0 Å². The lowest BCUT2D eigenvalue weighted by Gasteiger charge is -2.19. The molecule has 0 spiro atoms. The number of rotatable bonds is 2. The lowest BCUT2D eigenvalue weighted by Crippen LogP contribution is -2.25. The van der Waals surface area contributed by atoms with Gasteiger partial charge in [0.1, 0.15) is 5.75 Å². The van der Waals surface area contributed by atoms with Gasteiger partial charge in [-0.15, -0.1) is 0 Å². The molecule has 0 aliphatic carbocycles. The maximum Gasteiger partial charge on any atom is 0.132 e. The summed E-state index contributed by atoms with van der Waals surface area (Å²) >= 11 is 3.30. The third-order valence-electron chi connectivity index (χ3n) is 2.53. The van der Waals surface area contributed by atoms with Crippen LogP contribution in [-0.4, -0.2) is 16.3 Å². The third-order valence-corrected chi connectivity index (χ3v) is 3.50. The summed E-state index contributed by atoms with van der Waals surface area (Å²) < 4.78 is 0.622. The number of hydrogen-bond donors (Lipinski definition) is 3. The Morgan fingerprint density at radius 3 is 2.40 bits per heavy atom. The first kappa shape index (κ1) is 12.5. The number of aliphatic hydroxyl groups is 1. The van der Waals surface area contributed by atoms with Gasteiger partial charge in [0.15, 0.2) is 0 Å². The predicted molar refractivity (Wildman–Crippen MR) is 63.9 cm³/mol. The average Bonchev–Trinajstić information content (AvgIpc) is 2.19. The summed E-state index contributed by atoms with van der Waals surface area (Å²) in [6.07, 6.45) is -0.708.